The summed E-state index contributed by atoms with van der Waals surface area (Å²) in [5, 5.41) is 10.5. The standard InChI is InChI=1S/C17H20O/c1-12-9-10-16(11-13(12)2)17(18)14(3)15-7-5-4-6-8-15/h4-11,14,17-18H,1-3H3. The SMILES string of the molecule is Cc1ccc(C(O)C(C)c2ccccc2)cc1C. The quantitative estimate of drug-likeness (QED) is 0.854. The van der Waals surface area contributed by atoms with Gasteiger partial charge in [0.2, 0.25) is 0 Å². The van der Waals surface area contributed by atoms with Gasteiger partial charge in [0.05, 0.1) is 6.10 Å². The maximum absolute atomic E-state index is 10.5. The Hall–Kier alpha value is -1.60. The molecule has 0 aliphatic heterocycles. The molecule has 18 heavy (non-hydrogen) atoms. The second-order valence-electron chi connectivity index (χ2n) is 4.99. The number of hydrogen-bond donors (Lipinski definition) is 1. The lowest BCUT2D eigenvalue weighted by Crippen LogP contribution is -2.08. The van der Waals surface area contributed by atoms with Gasteiger partial charge in [0.1, 0.15) is 0 Å². The van der Waals surface area contributed by atoms with Crippen LogP contribution in [0.15, 0.2) is 48.5 Å². The summed E-state index contributed by atoms with van der Waals surface area (Å²) < 4.78 is 0. The molecule has 2 atom stereocenters. The third kappa shape index (κ3) is 2.62. The van der Waals surface area contributed by atoms with E-state index in [0.29, 0.717) is 0 Å². The van der Waals surface area contributed by atoms with Gasteiger partial charge in [0.15, 0.2) is 0 Å². The molecule has 1 nitrogen and oxygen atoms in total. The average Bonchev–Trinajstić information content (AvgIpc) is 2.41. The first kappa shape index (κ1) is 12.8. The molecule has 2 rings (SSSR count). The Labute approximate surface area is 109 Å². The largest absolute Gasteiger partial charge is 0.388 e. The maximum atomic E-state index is 10.5. The van der Waals surface area contributed by atoms with Gasteiger partial charge in [-0.05, 0) is 36.1 Å². The molecule has 0 fully saturated rings. The average molecular weight is 240 g/mol. The van der Waals surface area contributed by atoms with Gasteiger partial charge in [-0.3, -0.25) is 0 Å². The first-order valence-corrected chi connectivity index (χ1v) is 6.39. The van der Waals surface area contributed by atoms with E-state index >= 15 is 0 Å². The van der Waals surface area contributed by atoms with E-state index in [2.05, 4.69) is 45.0 Å². The third-order valence-corrected chi connectivity index (χ3v) is 3.67. The van der Waals surface area contributed by atoms with E-state index in [0.717, 1.165) is 5.56 Å². The van der Waals surface area contributed by atoms with Crippen molar-refractivity contribution >= 4 is 0 Å². The molecule has 0 aliphatic carbocycles. The minimum atomic E-state index is -0.452. The lowest BCUT2D eigenvalue weighted by molar-refractivity contribution is 0.151. The minimum absolute atomic E-state index is 0.105. The topological polar surface area (TPSA) is 20.2 Å². The summed E-state index contributed by atoms with van der Waals surface area (Å²) in [5.74, 6) is 0.105. The van der Waals surface area contributed by atoms with E-state index in [1.165, 1.54) is 16.7 Å². The highest BCUT2D eigenvalue weighted by Gasteiger charge is 2.18. The van der Waals surface area contributed by atoms with Crippen molar-refractivity contribution in [2.75, 3.05) is 0 Å². The van der Waals surface area contributed by atoms with Gasteiger partial charge in [-0.15, -0.1) is 0 Å². The predicted octanol–water partition coefficient (Wildman–Crippen LogP) is 4.14. The molecule has 0 spiro atoms. The van der Waals surface area contributed by atoms with Gasteiger partial charge in [0, 0.05) is 5.92 Å². The van der Waals surface area contributed by atoms with Crippen molar-refractivity contribution < 1.29 is 5.11 Å². The van der Waals surface area contributed by atoms with Crippen LogP contribution >= 0.6 is 0 Å². The monoisotopic (exact) mass is 240 g/mol. The molecule has 0 saturated heterocycles. The molecule has 0 bridgehead atoms. The van der Waals surface area contributed by atoms with E-state index in [1.54, 1.807) is 0 Å². The maximum Gasteiger partial charge on any atom is 0.0855 e. The zero-order chi connectivity index (χ0) is 13.1. The van der Waals surface area contributed by atoms with E-state index in [1.807, 2.05) is 24.3 Å². The van der Waals surface area contributed by atoms with Gasteiger partial charge in [0.25, 0.3) is 0 Å². The third-order valence-electron chi connectivity index (χ3n) is 3.67. The molecule has 0 aliphatic rings. The van der Waals surface area contributed by atoms with Gasteiger partial charge in [-0.25, -0.2) is 0 Å². The Morgan fingerprint density at radius 2 is 1.50 bits per heavy atom. The molecule has 2 unspecified atom stereocenters. The van der Waals surface area contributed by atoms with Crippen molar-refractivity contribution in [3.05, 3.63) is 70.8 Å². The summed E-state index contributed by atoms with van der Waals surface area (Å²) in [6.45, 7) is 6.24. The van der Waals surface area contributed by atoms with Crippen molar-refractivity contribution in [3.63, 3.8) is 0 Å². The lowest BCUT2D eigenvalue weighted by atomic mass is 9.90. The van der Waals surface area contributed by atoms with Gasteiger partial charge < -0.3 is 5.11 Å². The zero-order valence-electron chi connectivity index (χ0n) is 11.2. The van der Waals surface area contributed by atoms with Crippen molar-refractivity contribution in [3.8, 4) is 0 Å². The van der Waals surface area contributed by atoms with Crippen LogP contribution in [0, 0.1) is 13.8 Å². The molecule has 1 N–H and O–H groups in total. The normalized spacial score (nSPS) is 14.2. The molecule has 0 amide bonds. The van der Waals surface area contributed by atoms with Crippen LogP contribution in [-0.4, -0.2) is 5.11 Å². The van der Waals surface area contributed by atoms with Crippen LogP contribution in [0.2, 0.25) is 0 Å². The molecular formula is C17H20O. The van der Waals surface area contributed by atoms with E-state index in [4.69, 9.17) is 0 Å². The van der Waals surface area contributed by atoms with Crippen molar-refractivity contribution in [2.24, 2.45) is 0 Å². The predicted molar refractivity (Wildman–Crippen MR) is 75.7 cm³/mol. The number of hydrogen-bond acceptors (Lipinski definition) is 1. The Kier molecular flexibility index (Phi) is 3.83. The molecule has 1 heteroatoms. The van der Waals surface area contributed by atoms with E-state index in [-0.39, 0.29) is 5.92 Å². The highest BCUT2D eigenvalue weighted by molar-refractivity contribution is 5.33. The van der Waals surface area contributed by atoms with Crippen molar-refractivity contribution in [1.29, 1.82) is 0 Å². The fourth-order valence-electron chi connectivity index (χ4n) is 2.18. The fourth-order valence-corrected chi connectivity index (χ4v) is 2.18. The second-order valence-corrected chi connectivity index (χ2v) is 4.99. The van der Waals surface area contributed by atoms with Crippen LogP contribution in [0.1, 0.15) is 41.2 Å². The van der Waals surface area contributed by atoms with Crippen LogP contribution in [0.3, 0.4) is 0 Å². The molecular weight excluding hydrogens is 220 g/mol. The molecule has 94 valence electrons. The van der Waals surface area contributed by atoms with Gasteiger partial charge in [-0.2, -0.15) is 0 Å². The highest BCUT2D eigenvalue weighted by Crippen LogP contribution is 2.31. The molecule has 0 aromatic heterocycles. The van der Waals surface area contributed by atoms with Gasteiger partial charge >= 0.3 is 0 Å². The number of benzene rings is 2. The summed E-state index contributed by atoms with van der Waals surface area (Å²) in [6.07, 6.45) is -0.452. The summed E-state index contributed by atoms with van der Waals surface area (Å²) in [5.41, 5.74) is 4.66. The van der Waals surface area contributed by atoms with E-state index < -0.39 is 6.10 Å². The Balaban J connectivity index is 2.25. The van der Waals surface area contributed by atoms with Crippen LogP contribution in [-0.2, 0) is 0 Å². The first-order chi connectivity index (χ1) is 8.59. The molecule has 0 saturated carbocycles. The fraction of sp³-hybridized carbons (Fsp3) is 0.294. The molecule has 2 aromatic rings. The number of aliphatic hydroxyl groups is 1. The number of aryl methyl sites for hydroxylation is 2. The molecule has 2 aromatic carbocycles. The Morgan fingerprint density at radius 1 is 0.833 bits per heavy atom. The Morgan fingerprint density at radius 3 is 2.11 bits per heavy atom. The van der Waals surface area contributed by atoms with Crippen molar-refractivity contribution in [2.45, 2.75) is 32.8 Å². The van der Waals surface area contributed by atoms with Crippen molar-refractivity contribution in [1.82, 2.24) is 0 Å². The van der Waals surface area contributed by atoms with Gasteiger partial charge in [-0.1, -0.05) is 55.5 Å². The molecule has 0 radical (unpaired) electrons. The number of aliphatic hydroxyl groups excluding tert-OH is 1. The summed E-state index contributed by atoms with van der Waals surface area (Å²) in [6, 6.07) is 16.3. The molecule has 0 heterocycles. The van der Waals surface area contributed by atoms with Crippen LogP contribution < -0.4 is 0 Å². The summed E-state index contributed by atoms with van der Waals surface area (Å²) in [7, 11) is 0. The minimum Gasteiger partial charge on any atom is -0.388 e. The highest BCUT2D eigenvalue weighted by atomic mass is 16.3. The number of rotatable bonds is 3. The van der Waals surface area contributed by atoms with Crippen LogP contribution in [0.4, 0.5) is 0 Å². The van der Waals surface area contributed by atoms with Crippen LogP contribution in [0.5, 0.6) is 0 Å². The lowest BCUT2D eigenvalue weighted by Gasteiger charge is -2.20. The smallest absolute Gasteiger partial charge is 0.0855 e. The van der Waals surface area contributed by atoms with Crippen LogP contribution in [0.25, 0.3) is 0 Å². The summed E-state index contributed by atoms with van der Waals surface area (Å²) >= 11 is 0. The first-order valence-electron chi connectivity index (χ1n) is 6.39. The van der Waals surface area contributed by atoms with E-state index in [9.17, 15) is 5.11 Å². The zero-order valence-corrected chi connectivity index (χ0v) is 11.2. The summed E-state index contributed by atoms with van der Waals surface area (Å²) in [4.78, 5) is 0. The second kappa shape index (κ2) is 5.36. The Bertz CT molecular complexity index is 516.